The molecule has 0 radical (unpaired) electrons. The Bertz CT molecular complexity index is 1040. The molecule has 0 bridgehead atoms. The predicted octanol–water partition coefficient (Wildman–Crippen LogP) is 4.92. The Morgan fingerprint density at radius 1 is 1.03 bits per heavy atom. The van der Waals surface area contributed by atoms with Gasteiger partial charge in [-0.2, -0.15) is 18.3 Å². The number of nitrogens with zero attached hydrogens (tertiary/aromatic N) is 3. The number of carbonyl (C=O) groups excluding carboxylic acids is 1. The van der Waals surface area contributed by atoms with Crippen molar-refractivity contribution in [3.8, 4) is 0 Å². The molecule has 0 unspecified atom stereocenters. The highest BCUT2D eigenvalue weighted by Crippen LogP contribution is 2.30. The lowest BCUT2D eigenvalue weighted by molar-refractivity contribution is -0.141. The maximum Gasteiger partial charge on any atom is 0.435 e. The van der Waals surface area contributed by atoms with E-state index in [1.54, 1.807) is 6.07 Å². The van der Waals surface area contributed by atoms with E-state index in [0.29, 0.717) is 11.6 Å². The van der Waals surface area contributed by atoms with E-state index in [4.69, 9.17) is 0 Å². The van der Waals surface area contributed by atoms with Crippen LogP contribution in [0, 0.1) is 0 Å². The molecule has 2 aromatic carbocycles. The van der Waals surface area contributed by atoms with Crippen LogP contribution in [0.2, 0.25) is 0 Å². The van der Waals surface area contributed by atoms with Crippen LogP contribution in [-0.2, 0) is 24.1 Å². The second-order valence-electron chi connectivity index (χ2n) is 8.11. The summed E-state index contributed by atoms with van der Waals surface area (Å²) in [7, 11) is 0. The summed E-state index contributed by atoms with van der Waals surface area (Å²) in [5, 5.41) is 6.19. The second kappa shape index (κ2) is 9.56. The van der Waals surface area contributed by atoms with Crippen molar-refractivity contribution in [2.45, 2.75) is 38.0 Å². The van der Waals surface area contributed by atoms with Gasteiger partial charge in [-0.1, -0.05) is 42.5 Å². The van der Waals surface area contributed by atoms with Crippen LogP contribution in [0.5, 0.6) is 0 Å². The van der Waals surface area contributed by atoms with Gasteiger partial charge in [0.2, 0.25) is 5.91 Å². The van der Waals surface area contributed by atoms with Crippen LogP contribution in [0.1, 0.15) is 35.6 Å². The standard InChI is InChI=1S/C24H25F3N4O/c25-24(26,27)22-11-14-31(29-22)17-23(32)28-21-8-4-7-20(15-21)19-9-12-30(13-10-19)16-18-5-2-1-3-6-18/h1-8,11,14-15,19H,9-10,12-13,16-17H2,(H,28,32). The molecular weight excluding hydrogens is 417 g/mol. The third kappa shape index (κ3) is 5.76. The summed E-state index contributed by atoms with van der Waals surface area (Å²) in [6.45, 7) is 2.69. The quantitative estimate of drug-likeness (QED) is 0.590. The number of aromatic nitrogens is 2. The van der Waals surface area contributed by atoms with Crippen molar-refractivity contribution in [1.29, 1.82) is 0 Å². The number of amides is 1. The highest BCUT2D eigenvalue weighted by Gasteiger charge is 2.33. The van der Waals surface area contributed by atoms with Gasteiger partial charge in [-0.25, -0.2) is 0 Å². The third-order valence-electron chi connectivity index (χ3n) is 5.72. The van der Waals surface area contributed by atoms with Crippen LogP contribution in [0.15, 0.2) is 66.9 Å². The van der Waals surface area contributed by atoms with Gasteiger partial charge in [0.05, 0.1) is 0 Å². The molecule has 1 N–H and O–H groups in total. The van der Waals surface area contributed by atoms with E-state index >= 15 is 0 Å². The summed E-state index contributed by atoms with van der Waals surface area (Å²) in [4.78, 5) is 14.7. The van der Waals surface area contributed by atoms with E-state index in [9.17, 15) is 18.0 Å². The Labute approximate surface area is 184 Å². The number of piperidine rings is 1. The van der Waals surface area contributed by atoms with Crippen LogP contribution in [-0.4, -0.2) is 33.7 Å². The van der Waals surface area contributed by atoms with Gasteiger partial charge >= 0.3 is 6.18 Å². The number of anilines is 1. The van der Waals surface area contributed by atoms with Crippen LogP contribution in [0.3, 0.4) is 0 Å². The summed E-state index contributed by atoms with van der Waals surface area (Å²) >= 11 is 0. The van der Waals surface area contributed by atoms with Gasteiger partial charge < -0.3 is 5.32 Å². The minimum absolute atomic E-state index is 0.280. The van der Waals surface area contributed by atoms with E-state index in [-0.39, 0.29) is 6.54 Å². The fourth-order valence-electron chi connectivity index (χ4n) is 4.08. The van der Waals surface area contributed by atoms with Crippen LogP contribution in [0.25, 0.3) is 0 Å². The van der Waals surface area contributed by atoms with Crippen molar-refractivity contribution in [1.82, 2.24) is 14.7 Å². The largest absolute Gasteiger partial charge is 0.435 e. The lowest BCUT2D eigenvalue weighted by Gasteiger charge is -2.32. The normalized spacial score (nSPS) is 15.6. The minimum atomic E-state index is -4.52. The van der Waals surface area contributed by atoms with Crippen molar-refractivity contribution in [3.05, 3.63) is 83.7 Å². The number of benzene rings is 2. The van der Waals surface area contributed by atoms with Crippen molar-refractivity contribution < 1.29 is 18.0 Å². The van der Waals surface area contributed by atoms with E-state index in [2.05, 4.69) is 45.6 Å². The van der Waals surface area contributed by atoms with Gasteiger partial charge in [-0.05, 0) is 61.2 Å². The van der Waals surface area contributed by atoms with Gasteiger partial charge in [0.1, 0.15) is 6.54 Å². The van der Waals surface area contributed by atoms with Crippen LogP contribution >= 0.6 is 0 Å². The van der Waals surface area contributed by atoms with Crippen molar-refractivity contribution in [3.63, 3.8) is 0 Å². The van der Waals surface area contributed by atoms with E-state index in [0.717, 1.165) is 49.4 Å². The average Bonchev–Trinajstić information content (AvgIpc) is 3.24. The zero-order valence-corrected chi connectivity index (χ0v) is 17.6. The Hall–Kier alpha value is -3.13. The number of hydrogen-bond acceptors (Lipinski definition) is 3. The summed E-state index contributed by atoms with van der Waals surface area (Å²) in [5.74, 6) is -0.00371. The zero-order chi connectivity index (χ0) is 22.6. The third-order valence-corrected chi connectivity index (χ3v) is 5.72. The molecule has 8 heteroatoms. The highest BCUT2D eigenvalue weighted by molar-refractivity contribution is 5.90. The number of carbonyl (C=O) groups is 1. The number of nitrogens with one attached hydrogen (secondary N) is 1. The minimum Gasteiger partial charge on any atom is -0.324 e. The number of hydrogen-bond donors (Lipinski definition) is 1. The molecule has 2 heterocycles. The first kappa shape index (κ1) is 22.1. The molecule has 1 fully saturated rings. The number of halogens is 3. The van der Waals surface area contributed by atoms with Crippen molar-refractivity contribution in [2.75, 3.05) is 18.4 Å². The van der Waals surface area contributed by atoms with Gasteiger partial charge in [0, 0.05) is 18.4 Å². The molecule has 1 aromatic heterocycles. The fourth-order valence-corrected chi connectivity index (χ4v) is 4.08. The van der Waals surface area contributed by atoms with E-state index in [1.165, 1.54) is 11.1 Å². The second-order valence-corrected chi connectivity index (χ2v) is 8.11. The molecule has 1 aliphatic heterocycles. The molecule has 0 atom stereocenters. The SMILES string of the molecule is O=C(Cn1ccc(C(F)(F)F)n1)Nc1cccc(C2CCN(Cc3ccccc3)CC2)c1. The molecule has 5 nitrogen and oxygen atoms in total. The fraction of sp³-hybridized carbons (Fsp3) is 0.333. The molecule has 1 amide bonds. The number of alkyl halides is 3. The van der Waals surface area contributed by atoms with Crippen molar-refractivity contribution in [2.24, 2.45) is 0 Å². The average molecular weight is 442 g/mol. The lowest BCUT2D eigenvalue weighted by atomic mass is 9.89. The Kier molecular flexibility index (Phi) is 6.60. The van der Waals surface area contributed by atoms with E-state index < -0.39 is 17.8 Å². The van der Waals surface area contributed by atoms with Crippen molar-refractivity contribution >= 4 is 11.6 Å². The monoisotopic (exact) mass is 442 g/mol. The molecule has 0 aliphatic carbocycles. The highest BCUT2D eigenvalue weighted by atomic mass is 19.4. The topological polar surface area (TPSA) is 50.2 Å². The molecule has 0 saturated carbocycles. The summed E-state index contributed by atoms with van der Waals surface area (Å²) in [6.07, 6.45) is -1.29. The van der Waals surface area contributed by atoms with Crippen LogP contribution < -0.4 is 5.32 Å². The zero-order valence-electron chi connectivity index (χ0n) is 17.6. The molecule has 1 saturated heterocycles. The summed E-state index contributed by atoms with van der Waals surface area (Å²) in [5.41, 5.74) is 2.11. The number of likely N-dealkylation sites (tertiary alicyclic amines) is 1. The first-order valence-corrected chi connectivity index (χ1v) is 10.6. The van der Waals surface area contributed by atoms with Gasteiger partial charge in [0.15, 0.2) is 5.69 Å². The first-order valence-electron chi connectivity index (χ1n) is 10.6. The molecule has 32 heavy (non-hydrogen) atoms. The van der Waals surface area contributed by atoms with E-state index in [1.807, 2.05) is 18.2 Å². The summed E-state index contributed by atoms with van der Waals surface area (Å²) < 4.78 is 39.0. The van der Waals surface area contributed by atoms with Gasteiger partial charge in [0.25, 0.3) is 0 Å². The smallest absolute Gasteiger partial charge is 0.324 e. The first-order chi connectivity index (χ1) is 15.4. The van der Waals surface area contributed by atoms with Gasteiger partial charge in [-0.15, -0.1) is 0 Å². The molecule has 168 valence electrons. The lowest BCUT2D eigenvalue weighted by Crippen LogP contribution is -2.32. The molecule has 3 aromatic rings. The Morgan fingerprint density at radius 2 is 1.78 bits per heavy atom. The predicted molar refractivity (Wildman–Crippen MR) is 116 cm³/mol. The maximum absolute atomic E-state index is 12.7. The Morgan fingerprint density at radius 3 is 2.47 bits per heavy atom. The molecule has 1 aliphatic rings. The molecule has 4 rings (SSSR count). The molecular formula is C24H25F3N4O. The van der Waals surface area contributed by atoms with Gasteiger partial charge in [-0.3, -0.25) is 14.4 Å². The maximum atomic E-state index is 12.7. The summed E-state index contributed by atoms with van der Waals surface area (Å²) in [6, 6.07) is 19.0. The number of rotatable bonds is 6. The Balaban J connectivity index is 1.31. The van der Waals surface area contributed by atoms with Crippen LogP contribution in [0.4, 0.5) is 18.9 Å². The molecule has 0 spiro atoms.